The number of ether oxygens (including phenoxy) is 1. The van der Waals surface area contributed by atoms with E-state index in [1.165, 1.54) is 22.5 Å². The third kappa shape index (κ3) is 5.03. The fourth-order valence-electron chi connectivity index (χ4n) is 4.36. The third-order valence-electron chi connectivity index (χ3n) is 6.03. The molecule has 1 aliphatic rings. The highest BCUT2D eigenvalue weighted by Gasteiger charge is 2.28. The molecule has 0 radical (unpaired) electrons. The van der Waals surface area contributed by atoms with Crippen LogP contribution in [0, 0.1) is 0 Å². The van der Waals surface area contributed by atoms with Gasteiger partial charge in [-0.2, -0.15) is 5.10 Å². The first kappa shape index (κ1) is 22.3. The minimum Gasteiger partial charge on any atom is -0.497 e. The zero-order chi connectivity index (χ0) is 23.3. The molecule has 0 bridgehead atoms. The van der Waals surface area contributed by atoms with Gasteiger partial charge >= 0.3 is 0 Å². The highest BCUT2D eigenvalue weighted by molar-refractivity contribution is 7.09. The van der Waals surface area contributed by atoms with Crippen LogP contribution in [0.1, 0.15) is 37.9 Å². The van der Waals surface area contributed by atoms with E-state index in [9.17, 15) is 4.79 Å². The van der Waals surface area contributed by atoms with Crippen LogP contribution in [-0.4, -0.2) is 39.2 Å². The maximum absolute atomic E-state index is 13.2. The van der Waals surface area contributed by atoms with Gasteiger partial charge in [0.15, 0.2) is 5.69 Å². The largest absolute Gasteiger partial charge is 0.497 e. The predicted octanol–water partition coefficient (Wildman–Crippen LogP) is 3.88. The van der Waals surface area contributed by atoms with Crippen molar-refractivity contribution >= 4 is 17.2 Å². The Labute approximate surface area is 203 Å². The SMILES string of the molecule is COc1cccc(CN2CCc3c(c(C(=O)NCc4nccs4)nn3Cc3ccccc3)C2)c1. The lowest BCUT2D eigenvalue weighted by atomic mass is 10.0. The number of thiazole rings is 1. The molecule has 0 spiro atoms. The van der Waals surface area contributed by atoms with Gasteiger partial charge in [-0.3, -0.25) is 14.4 Å². The topological polar surface area (TPSA) is 72.3 Å². The molecule has 34 heavy (non-hydrogen) atoms. The van der Waals surface area contributed by atoms with Crippen LogP contribution in [0.25, 0.3) is 0 Å². The van der Waals surface area contributed by atoms with Crippen molar-refractivity contribution in [2.75, 3.05) is 13.7 Å². The summed E-state index contributed by atoms with van der Waals surface area (Å²) in [5.41, 5.74) is 5.03. The molecular formula is C26H27N5O2S. The molecule has 0 fully saturated rings. The lowest BCUT2D eigenvalue weighted by molar-refractivity contribution is 0.0942. The summed E-state index contributed by atoms with van der Waals surface area (Å²) in [5, 5.41) is 10.6. The number of hydrogen-bond acceptors (Lipinski definition) is 6. The van der Waals surface area contributed by atoms with Gasteiger partial charge in [0.1, 0.15) is 10.8 Å². The van der Waals surface area contributed by atoms with Crippen molar-refractivity contribution in [2.45, 2.75) is 32.6 Å². The number of rotatable bonds is 8. The molecule has 3 heterocycles. The quantitative estimate of drug-likeness (QED) is 0.420. The first-order valence-corrected chi connectivity index (χ1v) is 12.2. The van der Waals surface area contributed by atoms with Gasteiger partial charge in [0.25, 0.3) is 5.91 Å². The second-order valence-electron chi connectivity index (χ2n) is 8.34. The van der Waals surface area contributed by atoms with E-state index in [0.717, 1.165) is 41.5 Å². The monoisotopic (exact) mass is 473 g/mol. The maximum atomic E-state index is 13.2. The Morgan fingerprint density at radius 2 is 1.97 bits per heavy atom. The van der Waals surface area contributed by atoms with Gasteiger partial charge in [0.05, 0.1) is 20.2 Å². The van der Waals surface area contributed by atoms with Gasteiger partial charge in [-0.05, 0) is 23.3 Å². The summed E-state index contributed by atoms with van der Waals surface area (Å²) in [7, 11) is 1.68. The number of nitrogens with zero attached hydrogens (tertiary/aromatic N) is 4. The van der Waals surface area contributed by atoms with Gasteiger partial charge in [0.2, 0.25) is 0 Å². The fourth-order valence-corrected chi connectivity index (χ4v) is 4.92. The molecule has 5 rings (SSSR count). The Morgan fingerprint density at radius 3 is 2.76 bits per heavy atom. The standard InChI is InChI=1S/C26H27N5O2S/c1-33-21-9-5-8-20(14-21)16-30-12-10-23-22(18-30)25(26(32)28-15-24-27-11-13-34-24)29-31(23)17-19-6-3-2-4-7-19/h2-9,11,13-14H,10,12,15-18H2,1H3,(H,28,32). The molecule has 0 aliphatic carbocycles. The number of methoxy groups -OCH3 is 1. The molecule has 4 aromatic rings. The van der Waals surface area contributed by atoms with Crippen molar-refractivity contribution < 1.29 is 9.53 Å². The van der Waals surface area contributed by atoms with Gasteiger partial charge in [0, 0.05) is 48.9 Å². The van der Waals surface area contributed by atoms with E-state index in [0.29, 0.717) is 25.3 Å². The van der Waals surface area contributed by atoms with Crippen LogP contribution in [0.4, 0.5) is 0 Å². The van der Waals surface area contributed by atoms with E-state index >= 15 is 0 Å². The van der Waals surface area contributed by atoms with Crippen LogP contribution in [0.3, 0.4) is 0 Å². The maximum Gasteiger partial charge on any atom is 0.272 e. The number of carbonyl (C=O) groups is 1. The highest BCUT2D eigenvalue weighted by atomic mass is 32.1. The van der Waals surface area contributed by atoms with Crippen LogP contribution in [0.2, 0.25) is 0 Å². The number of amides is 1. The average Bonchev–Trinajstić information content (AvgIpc) is 3.51. The summed E-state index contributed by atoms with van der Waals surface area (Å²) in [4.78, 5) is 19.8. The molecule has 2 aromatic carbocycles. The Morgan fingerprint density at radius 1 is 1.12 bits per heavy atom. The van der Waals surface area contributed by atoms with E-state index < -0.39 is 0 Å². The number of carbonyl (C=O) groups excluding carboxylic acids is 1. The van der Waals surface area contributed by atoms with Gasteiger partial charge in [-0.25, -0.2) is 4.98 Å². The Kier molecular flexibility index (Phi) is 6.69. The summed E-state index contributed by atoms with van der Waals surface area (Å²) in [6, 6.07) is 18.4. The summed E-state index contributed by atoms with van der Waals surface area (Å²) in [6.45, 7) is 3.44. The third-order valence-corrected chi connectivity index (χ3v) is 6.81. The van der Waals surface area contributed by atoms with Crippen molar-refractivity contribution in [3.8, 4) is 5.75 Å². The Balaban J connectivity index is 1.39. The van der Waals surface area contributed by atoms with Crippen molar-refractivity contribution in [2.24, 2.45) is 0 Å². The minimum atomic E-state index is -0.151. The van der Waals surface area contributed by atoms with Crippen LogP contribution < -0.4 is 10.1 Å². The van der Waals surface area contributed by atoms with E-state index in [1.54, 1.807) is 13.3 Å². The van der Waals surface area contributed by atoms with Crippen molar-refractivity contribution in [3.63, 3.8) is 0 Å². The predicted molar refractivity (Wildman–Crippen MR) is 132 cm³/mol. The lowest BCUT2D eigenvalue weighted by Crippen LogP contribution is -2.32. The zero-order valence-electron chi connectivity index (χ0n) is 19.1. The van der Waals surface area contributed by atoms with Crippen molar-refractivity contribution in [3.05, 3.63) is 99.3 Å². The molecule has 1 aliphatic heterocycles. The van der Waals surface area contributed by atoms with Crippen molar-refractivity contribution in [1.82, 2.24) is 25.0 Å². The van der Waals surface area contributed by atoms with Crippen LogP contribution in [-0.2, 0) is 32.6 Å². The van der Waals surface area contributed by atoms with Crippen LogP contribution in [0.15, 0.2) is 66.2 Å². The fraction of sp³-hybridized carbons (Fsp3) is 0.269. The summed E-state index contributed by atoms with van der Waals surface area (Å²) >= 11 is 1.53. The Hall–Kier alpha value is -3.49. The summed E-state index contributed by atoms with van der Waals surface area (Å²) in [5.74, 6) is 0.703. The Bertz CT molecular complexity index is 1250. The molecule has 7 nitrogen and oxygen atoms in total. The molecule has 0 saturated carbocycles. The molecule has 8 heteroatoms. The number of benzene rings is 2. The summed E-state index contributed by atoms with van der Waals surface area (Å²) in [6.07, 6.45) is 2.60. The second kappa shape index (κ2) is 10.2. The first-order valence-electron chi connectivity index (χ1n) is 11.3. The minimum absolute atomic E-state index is 0.151. The van der Waals surface area contributed by atoms with Gasteiger partial charge in [-0.15, -0.1) is 11.3 Å². The van der Waals surface area contributed by atoms with E-state index in [1.807, 2.05) is 40.4 Å². The molecule has 0 atom stereocenters. The molecular weight excluding hydrogens is 446 g/mol. The number of fused-ring (bicyclic) bond motifs is 1. The zero-order valence-corrected chi connectivity index (χ0v) is 19.9. The number of hydrogen-bond donors (Lipinski definition) is 1. The second-order valence-corrected chi connectivity index (χ2v) is 9.32. The number of nitrogens with one attached hydrogen (secondary N) is 1. The first-order chi connectivity index (χ1) is 16.7. The average molecular weight is 474 g/mol. The van der Waals surface area contributed by atoms with Gasteiger partial charge in [-0.1, -0.05) is 42.5 Å². The molecule has 1 N–H and O–H groups in total. The smallest absolute Gasteiger partial charge is 0.272 e. The molecule has 1 amide bonds. The summed E-state index contributed by atoms with van der Waals surface area (Å²) < 4.78 is 7.39. The van der Waals surface area contributed by atoms with E-state index in [4.69, 9.17) is 9.84 Å². The van der Waals surface area contributed by atoms with Gasteiger partial charge < -0.3 is 10.1 Å². The van der Waals surface area contributed by atoms with E-state index in [2.05, 4.69) is 39.5 Å². The molecule has 0 saturated heterocycles. The number of aromatic nitrogens is 3. The normalized spacial score (nSPS) is 13.4. The van der Waals surface area contributed by atoms with Crippen LogP contribution >= 0.6 is 11.3 Å². The molecule has 0 unspecified atom stereocenters. The van der Waals surface area contributed by atoms with Crippen molar-refractivity contribution in [1.29, 1.82) is 0 Å². The van der Waals surface area contributed by atoms with Crippen LogP contribution in [0.5, 0.6) is 5.75 Å². The van der Waals surface area contributed by atoms with E-state index in [-0.39, 0.29) is 5.91 Å². The molecule has 174 valence electrons. The lowest BCUT2D eigenvalue weighted by Gasteiger charge is -2.28. The highest BCUT2D eigenvalue weighted by Crippen LogP contribution is 2.26. The molecule has 2 aromatic heterocycles.